The molecule has 1 saturated heterocycles. The highest BCUT2D eigenvalue weighted by atomic mass is 32.1. The van der Waals surface area contributed by atoms with Gasteiger partial charge in [0.25, 0.3) is 11.8 Å². The van der Waals surface area contributed by atoms with Crippen LogP contribution in [0.5, 0.6) is 0 Å². The van der Waals surface area contributed by atoms with Crippen molar-refractivity contribution in [3.63, 3.8) is 0 Å². The molecule has 144 valence electrons. The summed E-state index contributed by atoms with van der Waals surface area (Å²) in [6, 6.07) is 7.46. The molecule has 5 nitrogen and oxygen atoms in total. The summed E-state index contributed by atoms with van der Waals surface area (Å²) in [4.78, 5) is 32.4. The molecule has 4 rings (SSSR count). The molecule has 0 spiro atoms. The Hall–Kier alpha value is -2.51. The minimum atomic E-state index is -0.168. The van der Waals surface area contributed by atoms with E-state index < -0.39 is 0 Å². The third-order valence-electron chi connectivity index (χ3n) is 4.89. The molecule has 0 radical (unpaired) electrons. The van der Waals surface area contributed by atoms with Gasteiger partial charge >= 0.3 is 0 Å². The molecule has 2 amide bonds. The van der Waals surface area contributed by atoms with E-state index in [1.54, 1.807) is 17.4 Å². The molecular formula is C21H21N3O2S2. The number of benzene rings is 1. The summed E-state index contributed by atoms with van der Waals surface area (Å²) in [6.07, 6.45) is 2.14. The van der Waals surface area contributed by atoms with Crippen molar-refractivity contribution < 1.29 is 9.59 Å². The van der Waals surface area contributed by atoms with Crippen molar-refractivity contribution in [1.82, 2.24) is 9.88 Å². The first-order valence-corrected chi connectivity index (χ1v) is 11.0. The number of thiophene rings is 1. The van der Waals surface area contributed by atoms with Crippen LogP contribution in [0.1, 0.15) is 44.1 Å². The van der Waals surface area contributed by atoms with Crippen molar-refractivity contribution in [3.8, 4) is 10.6 Å². The summed E-state index contributed by atoms with van der Waals surface area (Å²) < 4.78 is 0. The monoisotopic (exact) mass is 411 g/mol. The van der Waals surface area contributed by atoms with E-state index >= 15 is 0 Å². The zero-order valence-corrected chi connectivity index (χ0v) is 17.5. The van der Waals surface area contributed by atoms with Crippen molar-refractivity contribution in [2.24, 2.45) is 0 Å². The molecule has 1 aromatic carbocycles. The zero-order chi connectivity index (χ0) is 19.7. The third-order valence-corrected chi connectivity index (χ3v) is 6.77. The third kappa shape index (κ3) is 3.72. The quantitative estimate of drug-likeness (QED) is 0.659. The summed E-state index contributed by atoms with van der Waals surface area (Å²) in [5.74, 6) is -0.101. The van der Waals surface area contributed by atoms with Crippen LogP contribution < -0.4 is 5.32 Å². The molecule has 2 aromatic heterocycles. The number of aromatic nitrogens is 1. The van der Waals surface area contributed by atoms with E-state index in [2.05, 4.69) is 10.3 Å². The van der Waals surface area contributed by atoms with Crippen molar-refractivity contribution in [1.29, 1.82) is 0 Å². The highest BCUT2D eigenvalue weighted by Crippen LogP contribution is 2.30. The fourth-order valence-electron chi connectivity index (χ4n) is 3.34. The number of aryl methyl sites for hydroxylation is 2. The van der Waals surface area contributed by atoms with Gasteiger partial charge in [0.15, 0.2) is 0 Å². The first kappa shape index (κ1) is 18.8. The van der Waals surface area contributed by atoms with Gasteiger partial charge in [-0.3, -0.25) is 9.59 Å². The summed E-state index contributed by atoms with van der Waals surface area (Å²) in [6.45, 7) is 5.42. The average molecular weight is 412 g/mol. The van der Waals surface area contributed by atoms with Gasteiger partial charge < -0.3 is 10.2 Å². The van der Waals surface area contributed by atoms with E-state index in [0.717, 1.165) is 47.8 Å². The number of hydrogen-bond acceptors (Lipinski definition) is 5. The van der Waals surface area contributed by atoms with Gasteiger partial charge in [0, 0.05) is 35.3 Å². The van der Waals surface area contributed by atoms with E-state index in [4.69, 9.17) is 0 Å². The van der Waals surface area contributed by atoms with Gasteiger partial charge in [0.05, 0.1) is 5.69 Å². The topological polar surface area (TPSA) is 62.3 Å². The van der Waals surface area contributed by atoms with Crippen LogP contribution in [-0.4, -0.2) is 34.8 Å². The standard InChI is InChI=1S/C21H21N3O2S2/c1-13-11-15(21(26)24-8-3-4-9-24)5-6-17(13)23-19(25)18-14(2)22-20(28-18)16-7-10-27-12-16/h5-7,10-12H,3-4,8-9H2,1-2H3,(H,23,25). The van der Waals surface area contributed by atoms with Gasteiger partial charge in [0.2, 0.25) is 0 Å². The number of nitrogens with one attached hydrogen (secondary N) is 1. The minimum Gasteiger partial charge on any atom is -0.339 e. The predicted molar refractivity (Wildman–Crippen MR) is 114 cm³/mol. The van der Waals surface area contributed by atoms with E-state index in [0.29, 0.717) is 16.1 Å². The highest BCUT2D eigenvalue weighted by Gasteiger charge is 2.21. The van der Waals surface area contributed by atoms with Crippen molar-refractivity contribution in [2.45, 2.75) is 26.7 Å². The van der Waals surface area contributed by atoms with Crippen LogP contribution in [0.25, 0.3) is 10.6 Å². The van der Waals surface area contributed by atoms with Crippen LogP contribution in [0.15, 0.2) is 35.0 Å². The maximum Gasteiger partial charge on any atom is 0.267 e. The number of likely N-dealkylation sites (tertiary alicyclic amines) is 1. The van der Waals surface area contributed by atoms with E-state index in [1.807, 2.05) is 47.7 Å². The molecule has 1 fully saturated rings. The summed E-state index contributed by atoms with van der Waals surface area (Å²) in [5, 5.41) is 7.85. The number of carbonyl (C=O) groups excluding carboxylic acids is 2. The Kier molecular flexibility index (Phi) is 5.28. The Bertz CT molecular complexity index is 1020. The van der Waals surface area contributed by atoms with Crippen molar-refractivity contribution >= 4 is 40.2 Å². The zero-order valence-electron chi connectivity index (χ0n) is 15.8. The Morgan fingerprint density at radius 2 is 1.93 bits per heavy atom. The largest absolute Gasteiger partial charge is 0.339 e. The Balaban J connectivity index is 1.51. The van der Waals surface area contributed by atoms with Crippen LogP contribution in [0.4, 0.5) is 5.69 Å². The number of thiazole rings is 1. The lowest BCUT2D eigenvalue weighted by molar-refractivity contribution is 0.0792. The number of carbonyl (C=O) groups is 2. The van der Waals surface area contributed by atoms with Gasteiger partial charge in [0.1, 0.15) is 9.88 Å². The second kappa shape index (κ2) is 7.85. The first-order chi connectivity index (χ1) is 13.5. The SMILES string of the molecule is Cc1cc(C(=O)N2CCCC2)ccc1NC(=O)c1sc(-c2ccsc2)nc1C. The number of anilines is 1. The normalized spacial score (nSPS) is 13.7. The molecule has 1 N–H and O–H groups in total. The van der Waals surface area contributed by atoms with Gasteiger partial charge in [-0.2, -0.15) is 11.3 Å². The van der Waals surface area contributed by atoms with Gasteiger partial charge in [-0.25, -0.2) is 4.98 Å². The predicted octanol–water partition coefficient (Wildman–Crippen LogP) is 4.98. The van der Waals surface area contributed by atoms with E-state index in [-0.39, 0.29) is 11.8 Å². The summed E-state index contributed by atoms with van der Waals surface area (Å²) in [7, 11) is 0. The number of hydrogen-bond donors (Lipinski definition) is 1. The number of nitrogens with zero attached hydrogens (tertiary/aromatic N) is 2. The second-order valence-electron chi connectivity index (χ2n) is 6.93. The molecule has 28 heavy (non-hydrogen) atoms. The maximum atomic E-state index is 12.8. The minimum absolute atomic E-state index is 0.0668. The van der Waals surface area contributed by atoms with E-state index in [9.17, 15) is 9.59 Å². The van der Waals surface area contributed by atoms with E-state index in [1.165, 1.54) is 11.3 Å². The molecule has 0 bridgehead atoms. The summed E-state index contributed by atoms with van der Waals surface area (Å²) in [5.41, 5.74) is 4.03. The summed E-state index contributed by atoms with van der Waals surface area (Å²) >= 11 is 3.01. The fourth-order valence-corrected chi connectivity index (χ4v) is 5.01. The average Bonchev–Trinajstić information content (AvgIpc) is 3.44. The molecule has 0 aliphatic carbocycles. The second-order valence-corrected chi connectivity index (χ2v) is 8.71. The molecule has 7 heteroatoms. The molecule has 0 saturated carbocycles. The van der Waals surface area contributed by atoms with Crippen molar-refractivity contribution in [2.75, 3.05) is 18.4 Å². The number of rotatable bonds is 4. The Labute approximate surface area is 172 Å². The van der Waals surface area contributed by atoms with Gasteiger partial charge in [-0.15, -0.1) is 11.3 Å². The van der Waals surface area contributed by atoms with Crippen LogP contribution in [0.2, 0.25) is 0 Å². The fraction of sp³-hybridized carbons (Fsp3) is 0.286. The number of amides is 2. The lowest BCUT2D eigenvalue weighted by Gasteiger charge is -2.16. The molecule has 1 aliphatic heterocycles. The van der Waals surface area contributed by atoms with Crippen molar-refractivity contribution in [3.05, 3.63) is 56.7 Å². The lowest BCUT2D eigenvalue weighted by Crippen LogP contribution is -2.27. The van der Waals surface area contributed by atoms with Gasteiger partial charge in [-0.1, -0.05) is 0 Å². The van der Waals surface area contributed by atoms with Gasteiger partial charge in [-0.05, 0) is 61.9 Å². The Morgan fingerprint density at radius 3 is 2.61 bits per heavy atom. The van der Waals surface area contributed by atoms with Crippen LogP contribution in [0, 0.1) is 13.8 Å². The molecule has 0 atom stereocenters. The molecule has 0 unspecified atom stereocenters. The van der Waals surface area contributed by atoms with Crippen LogP contribution in [0.3, 0.4) is 0 Å². The molecule has 3 aromatic rings. The first-order valence-electron chi connectivity index (χ1n) is 9.24. The maximum absolute atomic E-state index is 12.8. The molecule has 1 aliphatic rings. The van der Waals surface area contributed by atoms with Crippen LogP contribution in [-0.2, 0) is 0 Å². The molecule has 3 heterocycles. The smallest absolute Gasteiger partial charge is 0.267 e. The van der Waals surface area contributed by atoms with Crippen LogP contribution >= 0.6 is 22.7 Å². The molecular weight excluding hydrogens is 390 g/mol. The highest BCUT2D eigenvalue weighted by molar-refractivity contribution is 7.17. The lowest BCUT2D eigenvalue weighted by atomic mass is 10.1. The Morgan fingerprint density at radius 1 is 1.14 bits per heavy atom.